The molecule has 1 fully saturated rings. The molecule has 0 bridgehead atoms. The van der Waals surface area contributed by atoms with Crippen molar-refractivity contribution in [1.29, 1.82) is 0 Å². The first kappa shape index (κ1) is 20.3. The Labute approximate surface area is 154 Å². The second kappa shape index (κ2) is 7.71. The first-order valence-corrected chi connectivity index (χ1v) is 9.93. The highest BCUT2D eigenvalue weighted by molar-refractivity contribution is 7.98. The van der Waals surface area contributed by atoms with Gasteiger partial charge in [-0.3, -0.25) is 10.4 Å². The molecule has 9 heteroatoms. The highest BCUT2D eigenvalue weighted by atomic mass is 32.2. The third-order valence-electron chi connectivity index (χ3n) is 4.80. The summed E-state index contributed by atoms with van der Waals surface area (Å²) in [5.41, 5.74) is 10.5. The monoisotopic (exact) mass is 372 g/mol. The average molecular weight is 373 g/mol. The van der Waals surface area contributed by atoms with Gasteiger partial charge in [0.05, 0.1) is 0 Å². The van der Waals surface area contributed by atoms with Crippen molar-refractivity contribution in [3.05, 3.63) is 23.4 Å². The average Bonchev–Trinajstić information content (AvgIpc) is 2.91. The fourth-order valence-corrected chi connectivity index (χ4v) is 4.25. The molecular formula is C16H30N5O3S-. The summed E-state index contributed by atoms with van der Waals surface area (Å²) < 4.78 is 0. The minimum absolute atomic E-state index is 0.0277. The molecule has 25 heavy (non-hydrogen) atoms. The van der Waals surface area contributed by atoms with Gasteiger partial charge in [-0.15, -0.1) is 0 Å². The molecule has 0 saturated carbocycles. The Kier molecular flexibility index (Phi) is 6.26. The number of rotatable bonds is 6. The second-order valence-corrected chi connectivity index (χ2v) is 8.99. The van der Waals surface area contributed by atoms with Crippen molar-refractivity contribution in [3.63, 3.8) is 0 Å². The zero-order chi connectivity index (χ0) is 18.8. The molecule has 2 aliphatic heterocycles. The minimum atomic E-state index is -0.423. The van der Waals surface area contributed by atoms with Gasteiger partial charge in [-0.25, -0.2) is 0 Å². The molecule has 2 atom stereocenters. The highest BCUT2D eigenvalue weighted by Gasteiger charge is 2.46. The number of hydrogen-bond donors (Lipinski definition) is 3. The Balaban J connectivity index is 2.07. The topological polar surface area (TPSA) is 104 Å². The molecule has 0 aliphatic carbocycles. The van der Waals surface area contributed by atoms with Gasteiger partial charge in [0.25, 0.3) is 5.91 Å². The standard InChI is InChI=1S/C16H30N5O3S/c1-15(2)8-11(9-16(3,4)21(15)23)18-14(22)12(6-7-25-5)20-10-13(17)24-19-20/h10-12,17,20,23H,6-9H2,1-5H3,(H,18,22)/q-1. The van der Waals surface area contributed by atoms with Crippen LogP contribution in [0.4, 0.5) is 0 Å². The SMILES string of the molecule is CSCCC(C(=O)NC1CC(C)(C)N(O)C(C)(C)C1)[NH+]1C=C([NH-])O[N-]1. The zero-order valence-corrected chi connectivity index (χ0v) is 16.4. The number of nitrogens with zero attached hydrogens (tertiary/aromatic N) is 2. The maximum atomic E-state index is 12.9. The Morgan fingerprint density at radius 2 is 2.12 bits per heavy atom. The van der Waals surface area contributed by atoms with E-state index in [1.54, 1.807) is 11.8 Å². The Morgan fingerprint density at radius 3 is 2.60 bits per heavy atom. The van der Waals surface area contributed by atoms with Crippen LogP contribution in [0.15, 0.2) is 12.1 Å². The number of carbonyl (C=O) groups is 1. The molecule has 0 aromatic rings. The van der Waals surface area contributed by atoms with E-state index in [2.05, 4.69) is 10.9 Å². The lowest BCUT2D eigenvalue weighted by atomic mass is 9.79. The summed E-state index contributed by atoms with van der Waals surface area (Å²) in [4.78, 5) is 17.7. The van der Waals surface area contributed by atoms with Crippen LogP contribution in [0.1, 0.15) is 47.0 Å². The lowest BCUT2D eigenvalue weighted by Crippen LogP contribution is -3.08. The molecule has 0 radical (unpaired) electrons. The van der Waals surface area contributed by atoms with E-state index in [1.165, 1.54) is 11.3 Å². The van der Waals surface area contributed by atoms with Crippen LogP contribution in [-0.2, 0) is 9.63 Å². The van der Waals surface area contributed by atoms with Gasteiger partial charge in [0.1, 0.15) is 6.20 Å². The van der Waals surface area contributed by atoms with Gasteiger partial charge in [0.15, 0.2) is 6.04 Å². The van der Waals surface area contributed by atoms with Crippen molar-refractivity contribution >= 4 is 17.7 Å². The summed E-state index contributed by atoms with van der Waals surface area (Å²) >= 11 is 1.67. The maximum absolute atomic E-state index is 12.9. The summed E-state index contributed by atoms with van der Waals surface area (Å²) in [7, 11) is 0. The van der Waals surface area contributed by atoms with Crippen LogP contribution < -0.4 is 10.3 Å². The van der Waals surface area contributed by atoms with Gasteiger partial charge >= 0.3 is 0 Å². The van der Waals surface area contributed by atoms with Crippen molar-refractivity contribution in [2.45, 2.75) is 70.1 Å². The number of nitrogens with one attached hydrogen (secondary N) is 3. The van der Waals surface area contributed by atoms with Crippen LogP contribution >= 0.6 is 11.8 Å². The molecule has 144 valence electrons. The van der Waals surface area contributed by atoms with Crippen molar-refractivity contribution in [1.82, 2.24) is 10.4 Å². The van der Waals surface area contributed by atoms with Crippen LogP contribution in [0.2, 0.25) is 0 Å². The van der Waals surface area contributed by atoms with Gasteiger partial charge in [0.2, 0.25) is 0 Å². The second-order valence-electron chi connectivity index (χ2n) is 8.00. The Hall–Kier alpha value is -1.00. The molecule has 8 nitrogen and oxygen atoms in total. The number of carbonyl (C=O) groups excluding carboxylic acids is 1. The van der Waals surface area contributed by atoms with E-state index in [0.717, 1.165) is 5.75 Å². The van der Waals surface area contributed by atoms with E-state index < -0.39 is 17.1 Å². The molecule has 2 rings (SSSR count). The molecule has 1 saturated heterocycles. The summed E-state index contributed by atoms with van der Waals surface area (Å²) in [6.45, 7) is 7.90. The van der Waals surface area contributed by atoms with Crippen molar-refractivity contribution in [2.24, 2.45) is 0 Å². The summed E-state index contributed by atoms with van der Waals surface area (Å²) in [6.07, 6.45) is 5.47. The smallest absolute Gasteiger partial charge is 0.278 e. The van der Waals surface area contributed by atoms with E-state index in [4.69, 9.17) is 10.6 Å². The lowest BCUT2D eigenvalue weighted by Gasteiger charge is -2.51. The van der Waals surface area contributed by atoms with Gasteiger partial charge < -0.3 is 26.1 Å². The van der Waals surface area contributed by atoms with Gasteiger partial charge in [-0.05, 0) is 52.5 Å². The predicted molar refractivity (Wildman–Crippen MR) is 97.5 cm³/mol. The van der Waals surface area contributed by atoms with E-state index in [0.29, 0.717) is 24.3 Å². The fourth-order valence-electron chi connectivity index (χ4n) is 3.78. The van der Waals surface area contributed by atoms with Crippen molar-refractivity contribution in [2.75, 3.05) is 12.0 Å². The van der Waals surface area contributed by atoms with Gasteiger partial charge in [0, 0.05) is 29.4 Å². The first-order valence-electron chi connectivity index (χ1n) is 8.53. The third kappa shape index (κ3) is 4.79. The van der Waals surface area contributed by atoms with E-state index in [-0.39, 0.29) is 17.8 Å². The first-order chi connectivity index (χ1) is 11.6. The van der Waals surface area contributed by atoms with Crippen LogP contribution in [0.5, 0.6) is 0 Å². The number of quaternary nitrogens is 1. The zero-order valence-electron chi connectivity index (χ0n) is 15.6. The van der Waals surface area contributed by atoms with Crippen LogP contribution in [-0.4, -0.2) is 51.3 Å². The van der Waals surface area contributed by atoms with Crippen LogP contribution in [0, 0.1) is 0 Å². The van der Waals surface area contributed by atoms with Crippen LogP contribution in [0.3, 0.4) is 0 Å². The molecule has 0 aromatic heterocycles. The fraction of sp³-hybridized carbons (Fsp3) is 0.812. The number of hydroxylamine groups is 2. The summed E-state index contributed by atoms with van der Waals surface area (Å²) in [5.74, 6) is 0.697. The molecule has 2 heterocycles. The highest BCUT2D eigenvalue weighted by Crippen LogP contribution is 2.36. The quantitative estimate of drug-likeness (QED) is 0.657. The van der Waals surface area contributed by atoms with Gasteiger partial charge in [-0.1, -0.05) is 0 Å². The number of hydrogen-bond acceptors (Lipinski definition) is 5. The number of thioether (sulfide) groups is 1. The lowest BCUT2D eigenvalue weighted by molar-refractivity contribution is -0.832. The number of piperidine rings is 1. The Bertz CT molecular complexity index is 508. The normalized spacial score (nSPS) is 27.4. The van der Waals surface area contributed by atoms with Crippen LogP contribution in [0.25, 0.3) is 11.3 Å². The van der Waals surface area contributed by atoms with E-state index in [9.17, 15) is 10.0 Å². The Morgan fingerprint density at radius 1 is 1.52 bits per heavy atom. The molecule has 2 aliphatic rings. The molecule has 4 N–H and O–H groups in total. The molecule has 2 unspecified atom stereocenters. The molecule has 0 aromatic carbocycles. The largest absolute Gasteiger partial charge is 0.665 e. The van der Waals surface area contributed by atoms with E-state index >= 15 is 0 Å². The van der Waals surface area contributed by atoms with E-state index in [1.807, 2.05) is 34.0 Å². The number of amides is 1. The molecule has 1 amide bonds. The van der Waals surface area contributed by atoms with Crippen molar-refractivity contribution in [3.8, 4) is 0 Å². The maximum Gasteiger partial charge on any atom is 0.278 e. The van der Waals surface area contributed by atoms with Crippen molar-refractivity contribution < 1.29 is 19.8 Å². The summed E-state index contributed by atoms with van der Waals surface area (Å²) in [6, 6.07) is -0.450. The molecule has 0 spiro atoms. The minimum Gasteiger partial charge on any atom is -0.665 e. The molecular weight excluding hydrogens is 342 g/mol. The van der Waals surface area contributed by atoms with Gasteiger partial charge in [-0.2, -0.15) is 16.8 Å². The predicted octanol–water partition coefficient (Wildman–Crippen LogP) is 1.60. The summed E-state index contributed by atoms with van der Waals surface area (Å²) in [5, 5.41) is 15.4. The third-order valence-corrected chi connectivity index (χ3v) is 5.44.